The predicted molar refractivity (Wildman–Crippen MR) is 40.4 cm³/mol. The number of hydrogen-bond acceptors (Lipinski definition) is 2. The van der Waals surface area contributed by atoms with E-state index in [9.17, 15) is 4.79 Å². The molecule has 0 aliphatic heterocycles. The van der Waals surface area contributed by atoms with Crippen LogP contribution in [0.3, 0.4) is 0 Å². The van der Waals surface area contributed by atoms with Crippen LogP contribution in [-0.2, 0) is 4.79 Å². The largest absolute Gasteiger partial charge is 0.299 e. The average Bonchev–Trinajstić information content (AvgIpc) is 1.84. The second-order valence-electron chi connectivity index (χ2n) is 2.10. The van der Waals surface area contributed by atoms with Gasteiger partial charge in [-0.25, -0.2) is 0 Å². The summed E-state index contributed by atoms with van der Waals surface area (Å²) in [6.45, 7) is 1.66. The molecule has 10 heavy (non-hydrogen) atoms. The minimum atomic E-state index is -0.110. The van der Waals surface area contributed by atoms with Gasteiger partial charge in [0.15, 0.2) is 5.78 Å². The molecule has 52 valence electrons. The molecule has 0 heterocycles. The van der Waals surface area contributed by atoms with E-state index in [1.54, 1.807) is 6.92 Å². The number of halogens is 1. The Labute approximate surface area is 63.7 Å². The van der Waals surface area contributed by atoms with E-state index in [1.807, 2.05) is 0 Å². The van der Waals surface area contributed by atoms with Crippen LogP contribution in [0.1, 0.15) is 6.92 Å². The molecule has 1 aliphatic rings. The highest BCUT2D eigenvalue weighted by molar-refractivity contribution is 6.47. The number of carbonyl (C=O) groups is 1. The number of ketones is 1. The molecule has 1 rings (SSSR count). The summed E-state index contributed by atoms with van der Waals surface area (Å²) in [4.78, 5) is 10.8. The van der Waals surface area contributed by atoms with Gasteiger partial charge in [-0.2, -0.15) is 0 Å². The Morgan fingerprint density at radius 1 is 1.50 bits per heavy atom. The molecule has 1 aliphatic carbocycles. The third kappa shape index (κ3) is 1.16. The van der Waals surface area contributed by atoms with Crippen LogP contribution in [0.25, 0.3) is 0 Å². The fraction of sp³-hybridized carbons (Fsp3) is 0.143. The Morgan fingerprint density at radius 2 is 2.10 bits per heavy atom. The first-order valence-electron chi connectivity index (χ1n) is 2.80. The lowest BCUT2D eigenvalue weighted by Gasteiger charge is -2.04. The molecule has 0 aromatic heterocycles. The smallest absolute Gasteiger partial charge is 0.183 e. The highest BCUT2D eigenvalue weighted by atomic mass is 35.5. The van der Waals surface area contributed by atoms with Crippen molar-refractivity contribution < 1.29 is 4.79 Å². The first kappa shape index (κ1) is 7.22. The summed E-state index contributed by atoms with van der Waals surface area (Å²) in [6.07, 6.45) is 2.73. The van der Waals surface area contributed by atoms with Gasteiger partial charge in [-0.1, -0.05) is 11.6 Å². The molecule has 0 spiro atoms. The Bertz CT molecular complexity index is 235. The molecule has 1 N–H and O–H groups in total. The zero-order valence-corrected chi connectivity index (χ0v) is 6.20. The quantitative estimate of drug-likeness (QED) is 0.531. The van der Waals surface area contributed by atoms with Gasteiger partial charge < -0.3 is 0 Å². The summed E-state index contributed by atoms with van der Waals surface area (Å²) in [6, 6.07) is 0. The number of carbonyl (C=O) groups excluding carboxylic acids is 1. The van der Waals surface area contributed by atoms with Gasteiger partial charge in [0.05, 0.1) is 10.7 Å². The molecule has 0 unspecified atom stereocenters. The topological polar surface area (TPSA) is 40.9 Å². The van der Waals surface area contributed by atoms with Gasteiger partial charge in [-0.05, 0) is 18.6 Å². The lowest BCUT2D eigenvalue weighted by atomic mass is 10.1. The maximum atomic E-state index is 10.8. The highest BCUT2D eigenvalue weighted by Gasteiger charge is 2.11. The maximum Gasteiger partial charge on any atom is 0.183 e. The fourth-order valence-corrected chi connectivity index (χ4v) is 0.817. The van der Waals surface area contributed by atoms with Crippen molar-refractivity contribution in [1.29, 1.82) is 5.41 Å². The van der Waals surface area contributed by atoms with E-state index in [1.165, 1.54) is 12.2 Å². The van der Waals surface area contributed by atoms with Crippen LogP contribution in [0.15, 0.2) is 22.8 Å². The zero-order valence-electron chi connectivity index (χ0n) is 5.44. The molecule has 0 saturated carbocycles. The van der Waals surface area contributed by atoms with E-state index in [0.29, 0.717) is 5.57 Å². The fourth-order valence-electron chi connectivity index (χ4n) is 0.663. The zero-order chi connectivity index (χ0) is 7.72. The SMILES string of the molecule is CC1=CC(=N)C(Cl)=CC1=O. The van der Waals surface area contributed by atoms with E-state index in [4.69, 9.17) is 17.0 Å². The van der Waals surface area contributed by atoms with Crippen molar-refractivity contribution in [1.82, 2.24) is 0 Å². The maximum absolute atomic E-state index is 10.8. The van der Waals surface area contributed by atoms with E-state index >= 15 is 0 Å². The molecule has 3 heteroatoms. The van der Waals surface area contributed by atoms with E-state index in [2.05, 4.69) is 0 Å². The van der Waals surface area contributed by atoms with Gasteiger partial charge in [0, 0.05) is 6.08 Å². The van der Waals surface area contributed by atoms with E-state index in [0.717, 1.165) is 0 Å². The molecule has 0 atom stereocenters. The molecule has 0 fully saturated rings. The van der Waals surface area contributed by atoms with Crippen LogP contribution in [0, 0.1) is 5.41 Å². The number of nitrogens with one attached hydrogen (secondary N) is 1. The van der Waals surface area contributed by atoms with E-state index < -0.39 is 0 Å². The van der Waals surface area contributed by atoms with Gasteiger partial charge in [0.1, 0.15) is 0 Å². The van der Waals surface area contributed by atoms with Gasteiger partial charge in [0.2, 0.25) is 0 Å². The first-order chi connectivity index (χ1) is 4.61. The lowest BCUT2D eigenvalue weighted by molar-refractivity contribution is -0.111. The summed E-state index contributed by atoms with van der Waals surface area (Å²) in [5.74, 6) is -0.110. The molecule has 2 nitrogen and oxygen atoms in total. The number of allylic oxidation sites excluding steroid dienone is 4. The normalized spacial score (nSPS) is 18.6. The molecule has 0 radical (unpaired) electrons. The molecule has 0 aromatic carbocycles. The first-order valence-corrected chi connectivity index (χ1v) is 3.18. The monoisotopic (exact) mass is 155 g/mol. The van der Waals surface area contributed by atoms with Crippen molar-refractivity contribution >= 4 is 23.1 Å². The molecular formula is C7H6ClNO. The minimum absolute atomic E-state index is 0.110. The lowest BCUT2D eigenvalue weighted by Crippen LogP contribution is -2.07. The third-order valence-electron chi connectivity index (χ3n) is 1.26. The molecule has 0 saturated heterocycles. The summed E-state index contributed by atoms with van der Waals surface area (Å²) >= 11 is 5.50. The van der Waals surface area contributed by atoms with Gasteiger partial charge in [-0.15, -0.1) is 0 Å². The summed E-state index contributed by atoms with van der Waals surface area (Å²) in [7, 11) is 0. The number of rotatable bonds is 0. The number of hydrogen-bond donors (Lipinski definition) is 1. The van der Waals surface area contributed by atoms with Crippen LogP contribution in [0.5, 0.6) is 0 Å². The molecule has 0 aromatic rings. The Balaban J connectivity index is 3.03. The standard InChI is InChI=1S/C7H6ClNO/c1-4-2-6(9)5(8)3-7(4)10/h2-3,9H,1H3. The van der Waals surface area contributed by atoms with Crippen molar-refractivity contribution in [2.75, 3.05) is 0 Å². The van der Waals surface area contributed by atoms with Crippen molar-refractivity contribution in [2.45, 2.75) is 6.92 Å². The van der Waals surface area contributed by atoms with Gasteiger partial charge in [0.25, 0.3) is 0 Å². The third-order valence-corrected chi connectivity index (χ3v) is 1.58. The predicted octanol–water partition coefficient (Wildman–Crippen LogP) is 1.66. The molecule has 0 bridgehead atoms. The summed E-state index contributed by atoms with van der Waals surface area (Å²) in [5.41, 5.74) is 0.771. The van der Waals surface area contributed by atoms with Crippen LogP contribution < -0.4 is 0 Å². The summed E-state index contributed by atoms with van der Waals surface area (Å²) in [5, 5.41) is 7.40. The van der Waals surface area contributed by atoms with Gasteiger partial charge >= 0.3 is 0 Å². The van der Waals surface area contributed by atoms with Crippen molar-refractivity contribution in [3.63, 3.8) is 0 Å². The van der Waals surface area contributed by atoms with Crippen molar-refractivity contribution in [3.8, 4) is 0 Å². The van der Waals surface area contributed by atoms with Crippen LogP contribution >= 0.6 is 11.6 Å². The summed E-state index contributed by atoms with van der Waals surface area (Å²) < 4.78 is 0. The van der Waals surface area contributed by atoms with Crippen molar-refractivity contribution in [2.24, 2.45) is 0 Å². The molecule has 0 amide bonds. The van der Waals surface area contributed by atoms with Gasteiger partial charge in [-0.3, -0.25) is 10.2 Å². The Morgan fingerprint density at radius 3 is 2.60 bits per heavy atom. The van der Waals surface area contributed by atoms with Crippen LogP contribution in [0.4, 0.5) is 0 Å². The van der Waals surface area contributed by atoms with E-state index in [-0.39, 0.29) is 16.5 Å². The molecular weight excluding hydrogens is 150 g/mol. The Kier molecular flexibility index (Phi) is 1.72. The highest BCUT2D eigenvalue weighted by Crippen LogP contribution is 2.13. The van der Waals surface area contributed by atoms with Crippen LogP contribution in [0.2, 0.25) is 0 Å². The van der Waals surface area contributed by atoms with Crippen molar-refractivity contribution in [3.05, 3.63) is 22.8 Å². The second-order valence-corrected chi connectivity index (χ2v) is 2.50. The second kappa shape index (κ2) is 2.39. The Hall–Kier alpha value is -0.890. The van der Waals surface area contributed by atoms with Crippen LogP contribution in [-0.4, -0.2) is 11.5 Å². The average molecular weight is 156 g/mol. The minimum Gasteiger partial charge on any atom is -0.299 e.